The fraction of sp³-hybridized carbons (Fsp3) is 0.529. The van der Waals surface area contributed by atoms with Crippen LogP contribution in [0.5, 0.6) is 0 Å². The summed E-state index contributed by atoms with van der Waals surface area (Å²) in [6.45, 7) is 7.84. The Morgan fingerprint density at radius 2 is 2.05 bits per heavy atom. The Balaban J connectivity index is 1.88. The van der Waals surface area contributed by atoms with E-state index in [1.54, 1.807) is 6.07 Å². The Labute approximate surface area is 126 Å². The highest BCUT2D eigenvalue weighted by Crippen LogP contribution is 2.15. The summed E-state index contributed by atoms with van der Waals surface area (Å²) >= 11 is 0. The summed E-state index contributed by atoms with van der Waals surface area (Å²) in [6.07, 6.45) is 2.23. The molecule has 2 rings (SSSR count). The third-order valence-electron chi connectivity index (χ3n) is 4.18. The third-order valence-corrected chi connectivity index (χ3v) is 4.18. The SMILES string of the molecule is Cc1ccc(C(=O)NCC(=O)N2CCCC(C)C2)cc1C. The number of nitrogens with zero attached hydrogens (tertiary/aromatic N) is 1. The molecular weight excluding hydrogens is 264 g/mol. The van der Waals surface area contributed by atoms with Gasteiger partial charge in [0, 0.05) is 18.7 Å². The van der Waals surface area contributed by atoms with Gasteiger partial charge in [0.25, 0.3) is 5.91 Å². The minimum absolute atomic E-state index is 0.0127. The lowest BCUT2D eigenvalue weighted by atomic mass is 10.0. The normalized spacial score (nSPS) is 18.4. The van der Waals surface area contributed by atoms with E-state index < -0.39 is 0 Å². The molecule has 1 fully saturated rings. The van der Waals surface area contributed by atoms with Crippen LogP contribution in [-0.2, 0) is 4.79 Å². The Kier molecular flexibility index (Phi) is 4.99. The van der Waals surface area contributed by atoms with Crippen LogP contribution in [0, 0.1) is 19.8 Å². The highest BCUT2D eigenvalue weighted by Gasteiger charge is 2.21. The predicted molar refractivity (Wildman–Crippen MR) is 83.2 cm³/mol. The van der Waals surface area contributed by atoms with Crippen LogP contribution in [0.15, 0.2) is 18.2 Å². The van der Waals surface area contributed by atoms with E-state index >= 15 is 0 Å². The zero-order valence-electron chi connectivity index (χ0n) is 13.1. The molecule has 1 atom stereocenters. The first-order chi connectivity index (χ1) is 9.97. The fourth-order valence-corrected chi connectivity index (χ4v) is 2.67. The average Bonchev–Trinajstić information content (AvgIpc) is 2.47. The van der Waals surface area contributed by atoms with Crippen molar-refractivity contribution in [2.45, 2.75) is 33.6 Å². The molecule has 1 aromatic rings. The van der Waals surface area contributed by atoms with Crippen LogP contribution >= 0.6 is 0 Å². The standard InChI is InChI=1S/C17H24N2O2/c1-12-5-4-8-19(11-12)16(20)10-18-17(21)15-7-6-13(2)14(3)9-15/h6-7,9,12H,4-5,8,10-11H2,1-3H3,(H,18,21). The highest BCUT2D eigenvalue weighted by molar-refractivity contribution is 5.96. The molecule has 2 amide bonds. The van der Waals surface area contributed by atoms with Gasteiger partial charge in [0.1, 0.15) is 0 Å². The molecule has 0 aliphatic carbocycles. The number of hydrogen-bond acceptors (Lipinski definition) is 2. The van der Waals surface area contributed by atoms with Gasteiger partial charge in [-0.25, -0.2) is 0 Å². The van der Waals surface area contributed by atoms with Gasteiger partial charge in [0.15, 0.2) is 0 Å². The van der Waals surface area contributed by atoms with Gasteiger partial charge < -0.3 is 10.2 Å². The van der Waals surface area contributed by atoms with Gasteiger partial charge in [0.05, 0.1) is 6.54 Å². The molecule has 0 aromatic heterocycles. The Morgan fingerprint density at radius 1 is 1.29 bits per heavy atom. The van der Waals surface area contributed by atoms with Gasteiger partial charge >= 0.3 is 0 Å². The lowest BCUT2D eigenvalue weighted by Gasteiger charge is -2.31. The first kappa shape index (κ1) is 15.5. The maximum absolute atomic E-state index is 12.1. The Bertz CT molecular complexity index is 540. The van der Waals surface area contributed by atoms with Crippen molar-refractivity contribution in [1.29, 1.82) is 0 Å². The molecule has 114 valence electrons. The molecule has 1 aliphatic heterocycles. The molecule has 0 bridgehead atoms. The van der Waals surface area contributed by atoms with Crippen molar-refractivity contribution in [2.75, 3.05) is 19.6 Å². The van der Waals surface area contributed by atoms with Crippen molar-refractivity contribution in [3.05, 3.63) is 34.9 Å². The summed E-state index contributed by atoms with van der Waals surface area (Å²) in [4.78, 5) is 26.0. The van der Waals surface area contributed by atoms with Crippen LogP contribution in [0.3, 0.4) is 0 Å². The van der Waals surface area contributed by atoms with E-state index in [0.29, 0.717) is 11.5 Å². The highest BCUT2D eigenvalue weighted by atomic mass is 16.2. The van der Waals surface area contributed by atoms with Crippen LogP contribution in [-0.4, -0.2) is 36.3 Å². The van der Waals surface area contributed by atoms with Crippen LogP contribution in [0.1, 0.15) is 41.3 Å². The predicted octanol–water partition coefficient (Wildman–Crippen LogP) is 2.29. The molecule has 0 radical (unpaired) electrons. The second kappa shape index (κ2) is 6.74. The van der Waals surface area contributed by atoms with E-state index in [9.17, 15) is 9.59 Å². The molecule has 1 N–H and O–H groups in total. The average molecular weight is 288 g/mol. The molecule has 1 aliphatic rings. The number of benzene rings is 1. The Hall–Kier alpha value is -1.84. The lowest BCUT2D eigenvalue weighted by molar-refractivity contribution is -0.131. The number of piperidine rings is 1. The minimum Gasteiger partial charge on any atom is -0.343 e. The molecule has 0 spiro atoms. The molecule has 1 heterocycles. The molecule has 21 heavy (non-hydrogen) atoms. The quantitative estimate of drug-likeness (QED) is 0.927. The van der Waals surface area contributed by atoms with Gasteiger partial charge in [-0.1, -0.05) is 13.0 Å². The van der Waals surface area contributed by atoms with Crippen molar-refractivity contribution in [3.63, 3.8) is 0 Å². The Morgan fingerprint density at radius 3 is 2.71 bits per heavy atom. The first-order valence-electron chi connectivity index (χ1n) is 7.60. The molecule has 1 unspecified atom stereocenters. The van der Waals surface area contributed by atoms with Crippen molar-refractivity contribution >= 4 is 11.8 Å². The van der Waals surface area contributed by atoms with Crippen LogP contribution in [0.2, 0.25) is 0 Å². The second-order valence-electron chi connectivity index (χ2n) is 6.07. The van der Waals surface area contributed by atoms with Gasteiger partial charge in [-0.3, -0.25) is 9.59 Å². The van der Waals surface area contributed by atoms with Crippen molar-refractivity contribution < 1.29 is 9.59 Å². The lowest BCUT2D eigenvalue weighted by Crippen LogP contribution is -2.44. The molecule has 4 heteroatoms. The van der Waals surface area contributed by atoms with E-state index in [0.717, 1.165) is 30.6 Å². The van der Waals surface area contributed by atoms with E-state index in [-0.39, 0.29) is 18.4 Å². The minimum atomic E-state index is -0.184. The smallest absolute Gasteiger partial charge is 0.251 e. The van der Waals surface area contributed by atoms with E-state index in [1.165, 1.54) is 6.42 Å². The summed E-state index contributed by atoms with van der Waals surface area (Å²) in [7, 11) is 0. The summed E-state index contributed by atoms with van der Waals surface area (Å²) in [6, 6.07) is 5.58. The van der Waals surface area contributed by atoms with Crippen molar-refractivity contribution in [3.8, 4) is 0 Å². The number of carbonyl (C=O) groups excluding carboxylic acids is 2. The summed E-state index contributed by atoms with van der Waals surface area (Å²) < 4.78 is 0. The van der Waals surface area contributed by atoms with Crippen LogP contribution in [0.4, 0.5) is 0 Å². The van der Waals surface area contributed by atoms with Crippen LogP contribution in [0.25, 0.3) is 0 Å². The van der Waals surface area contributed by atoms with Crippen molar-refractivity contribution in [1.82, 2.24) is 10.2 Å². The first-order valence-corrected chi connectivity index (χ1v) is 7.60. The number of carbonyl (C=O) groups is 2. The molecule has 0 saturated carbocycles. The maximum atomic E-state index is 12.1. The zero-order valence-corrected chi connectivity index (χ0v) is 13.1. The zero-order chi connectivity index (χ0) is 15.4. The largest absolute Gasteiger partial charge is 0.343 e. The number of nitrogens with one attached hydrogen (secondary N) is 1. The van der Waals surface area contributed by atoms with E-state index in [2.05, 4.69) is 12.2 Å². The van der Waals surface area contributed by atoms with Crippen LogP contribution < -0.4 is 5.32 Å². The van der Waals surface area contributed by atoms with Crippen molar-refractivity contribution in [2.24, 2.45) is 5.92 Å². The number of amides is 2. The van der Waals surface area contributed by atoms with Gasteiger partial charge in [0.2, 0.25) is 5.91 Å². The van der Waals surface area contributed by atoms with E-state index in [1.807, 2.05) is 30.9 Å². The molecule has 4 nitrogen and oxygen atoms in total. The molecule has 1 saturated heterocycles. The number of hydrogen-bond donors (Lipinski definition) is 1. The number of aryl methyl sites for hydroxylation is 2. The monoisotopic (exact) mass is 288 g/mol. The summed E-state index contributed by atoms with van der Waals surface area (Å²) in [5, 5.41) is 2.73. The molecule has 1 aromatic carbocycles. The van der Waals surface area contributed by atoms with Gasteiger partial charge in [-0.05, 0) is 55.9 Å². The van der Waals surface area contributed by atoms with E-state index in [4.69, 9.17) is 0 Å². The maximum Gasteiger partial charge on any atom is 0.251 e. The van der Waals surface area contributed by atoms with Gasteiger partial charge in [-0.2, -0.15) is 0 Å². The van der Waals surface area contributed by atoms with Gasteiger partial charge in [-0.15, -0.1) is 0 Å². The summed E-state index contributed by atoms with van der Waals surface area (Å²) in [5.41, 5.74) is 2.85. The topological polar surface area (TPSA) is 49.4 Å². The second-order valence-corrected chi connectivity index (χ2v) is 6.07. The fourth-order valence-electron chi connectivity index (χ4n) is 2.67. The number of rotatable bonds is 3. The summed E-state index contributed by atoms with van der Waals surface area (Å²) in [5.74, 6) is 0.383. The third kappa shape index (κ3) is 4.06. The molecular formula is C17H24N2O2. The number of likely N-dealkylation sites (tertiary alicyclic amines) is 1.